The van der Waals surface area contributed by atoms with Crippen molar-refractivity contribution in [3.05, 3.63) is 58.6 Å². The van der Waals surface area contributed by atoms with Crippen LogP contribution in [-0.4, -0.2) is 52.7 Å². The highest BCUT2D eigenvalue weighted by Gasteiger charge is 2.30. The van der Waals surface area contributed by atoms with Crippen molar-refractivity contribution in [2.45, 2.75) is 26.8 Å². The van der Waals surface area contributed by atoms with Gasteiger partial charge in [-0.1, -0.05) is 41.4 Å². The lowest BCUT2D eigenvalue weighted by Crippen LogP contribution is -2.59. The molecule has 1 aliphatic rings. The van der Waals surface area contributed by atoms with Gasteiger partial charge in [0.2, 0.25) is 5.96 Å². The first kappa shape index (κ1) is 22.4. The number of aliphatic imine (C=N–C) groups is 1. The first-order chi connectivity index (χ1) is 14.9. The van der Waals surface area contributed by atoms with Gasteiger partial charge in [-0.15, -0.1) is 0 Å². The Morgan fingerprint density at radius 2 is 2.00 bits per heavy atom. The molecule has 1 aliphatic heterocycles. The standard InChI is InChI=1S/C22H25ClN4O4/c1-3-31-19-9-8-17(12-18(19)23)25-21-24-14-26(11-10-20(28)29)22(30)27(21)13-16-6-4-15(2)5-7-16/h4-9,12H,3,10-11,13-14H2,1-2H3,(H,24,25)(H,28,29). The maximum atomic E-state index is 13.1. The summed E-state index contributed by atoms with van der Waals surface area (Å²) in [6, 6.07) is 12.7. The highest BCUT2D eigenvalue weighted by Crippen LogP contribution is 2.29. The summed E-state index contributed by atoms with van der Waals surface area (Å²) in [7, 11) is 0. The molecule has 1 heterocycles. The SMILES string of the molecule is CCOc1ccc(/N=C2\NCN(CCC(=O)O)C(=O)N2Cc2ccc(C)cc2)cc1Cl. The maximum Gasteiger partial charge on any atom is 0.328 e. The molecule has 0 unspecified atom stereocenters. The summed E-state index contributed by atoms with van der Waals surface area (Å²) in [4.78, 5) is 31.6. The van der Waals surface area contributed by atoms with Gasteiger partial charge >= 0.3 is 12.0 Å². The molecule has 8 nitrogen and oxygen atoms in total. The van der Waals surface area contributed by atoms with Crippen molar-refractivity contribution in [2.24, 2.45) is 4.99 Å². The van der Waals surface area contributed by atoms with Crippen molar-refractivity contribution in [1.82, 2.24) is 15.1 Å². The lowest BCUT2D eigenvalue weighted by atomic mass is 10.1. The topological polar surface area (TPSA) is 94.5 Å². The lowest BCUT2D eigenvalue weighted by Gasteiger charge is -2.37. The predicted molar refractivity (Wildman–Crippen MR) is 119 cm³/mol. The molecule has 31 heavy (non-hydrogen) atoms. The fraction of sp³-hybridized carbons (Fsp3) is 0.318. The van der Waals surface area contributed by atoms with E-state index in [9.17, 15) is 9.59 Å². The highest BCUT2D eigenvalue weighted by atomic mass is 35.5. The van der Waals surface area contributed by atoms with Crippen LogP contribution in [0.25, 0.3) is 0 Å². The van der Waals surface area contributed by atoms with Crippen LogP contribution >= 0.6 is 11.6 Å². The minimum Gasteiger partial charge on any atom is -0.492 e. The molecule has 9 heteroatoms. The minimum absolute atomic E-state index is 0.105. The molecule has 0 aliphatic carbocycles. The molecule has 3 rings (SSSR count). The first-order valence-electron chi connectivity index (χ1n) is 9.96. The molecule has 0 spiro atoms. The Labute approximate surface area is 186 Å². The molecular formula is C22H25ClN4O4. The average Bonchev–Trinajstić information content (AvgIpc) is 2.73. The zero-order valence-corrected chi connectivity index (χ0v) is 18.2. The molecule has 2 N–H and O–H groups in total. The fourth-order valence-electron chi connectivity index (χ4n) is 3.07. The monoisotopic (exact) mass is 444 g/mol. The molecule has 2 aromatic carbocycles. The van der Waals surface area contributed by atoms with Gasteiger partial charge in [0.25, 0.3) is 0 Å². The third kappa shape index (κ3) is 5.88. The second-order valence-corrected chi connectivity index (χ2v) is 7.49. The van der Waals surface area contributed by atoms with Crippen molar-refractivity contribution in [2.75, 3.05) is 19.8 Å². The van der Waals surface area contributed by atoms with Gasteiger partial charge in [-0.3, -0.25) is 9.69 Å². The van der Waals surface area contributed by atoms with Crippen LogP contribution in [0, 0.1) is 6.92 Å². The van der Waals surface area contributed by atoms with Gasteiger partial charge in [-0.2, -0.15) is 0 Å². The van der Waals surface area contributed by atoms with Crippen LogP contribution in [0.4, 0.5) is 10.5 Å². The number of carbonyl (C=O) groups is 2. The number of ether oxygens (including phenoxy) is 1. The van der Waals surface area contributed by atoms with Gasteiger partial charge in [0.15, 0.2) is 0 Å². The number of carbonyl (C=O) groups excluding carboxylic acids is 1. The van der Waals surface area contributed by atoms with Crippen LogP contribution in [0.1, 0.15) is 24.5 Å². The molecule has 0 saturated carbocycles. The van der Waals surface area contributed by atoms with Crippen LogP contribution in [0.15, 0.2) is 47.5 Å². The number of nitrogens with zero attached hydrogens (tertiary/aromatic N) is 3. The fourth-order valence-corrected chi connectivity index (χ4v) is 3.30. The summed E-state index contributed by atoms with van der Waals surface area (Å²) in [5.74, 6) is -0.0177. The maximum absolute atomic E-state index is 13.1. The average molecular weight is 445 g/mol. The molecule has 1 saturated heterocycles. The van der Waals surface area contributed by atoms with E-state index >= 15 is 0 Å². The number of hydrogen-bond donors (Lipinski definition) is 2. The van der Waals surface area contributed by atoms with Crippen molar-refractivity contribution in [1.29, 1.82) is 0 Å². The molecule has 0 aromatic heterocycles. The number of carboxylic acids is 1. The van der Waals surface area contributed by atoms with E-state index in [1.165, 1.54) is 9.80 Å². The number of nitrogens with one attached hydrogen (secondary N) is 1. The Hall–Kier alpha value is -3.26. The molecule has 2 aromatic rings. The molecule has 164 valence electrons. The summed E-state index contributed by atoms with van der Waals surface area (Å²) in [5, 5.41) is 12.5. The number of carboxylic acid groups (broad SMARTS) is 1. The van der Waals surface area contributed by atoms with Crippen LogP contribution in [0.3, 0.4) is 0 Å². The smallest absolute Gasteiger partial charge is 0.328 e. The van der Waals surface area contributed by atoms with Gasteiger partial charge in [0.05, 0.1) is 37.0 Å². The number of hydrogen-bond acceptors (Lipinski definition) is 4. The van der Waals surface area contributed by atoms with Crippen LogP contribution in [-0.2, 0) is 11.3 Å². The number of benzene rings is 2. The number of aliphatic carboxylic acids is 1. The summed E-state index contributed by atoms with van der Waals surface area (Å²) in [6.45, 7) is 4.93. The van der Waals surface area contributed by atoms with Crippen molar-refractivity contribution >= 4 is 35.2 Å². The van der Waals surface area contributed by atoms with E-state index in [0.717, 1.165) is 11.1 Å². The number of guanidine groups is 1. The molecular weight excluding hydrogens is 420 g/mol. The normalized spacial score (nSPS) is 15.2. The van der Waals surface area contributed by atoms with Crippen molar-refractivity contribution in [3.63, 3.8) is 0 Å². The Bertz CT molecular complexity index is 978. The van der Waals surface area contributed by atoms with Gasteiger partial charge in [0.1, 0.15) is 5.75 Å². The van der Waals surface area contributed by atoms with Gasteiger partial charge in [0, 0.05) is 6.54 Å². The number of aryl methyl sites for hydroxylation is 1. The Morgan fingerprint density at radius 3 is 2.65 bits per heavy atom. The van der Waals surface area contributed by atoms with E-state index in [-0.39, 0.29) is 25.7 Å². The third-order valence-electron chi connectivity index (χ3n) is 4.69. The van der Waals surface area contributed by atoms with E-state index in [1.807, 2.05) is 38.1 Å². The first-order valence-corrected chi connectivity index (χ1v) is 10.3. The van der Waals surface area contributed by atoms with Crippen LogP contribution in [0.5, 0.6) is 5.75 Å². The van der Waals surface area contributed by atoms with E-state index in [2.05, 4.69) is 10.3 Å². The van der Waals surface area contributed by atoms with E-state index in [4.69, 9.17) is 21.4 Å². The second kappa shape index (κ2) is 10.2. The van der Waals surface area contributed by atoms with Crippen LogP contribution < -0.4 is 10.1 Å². The molecule has 0 radical (unpaired) electrons. The van der Waals surface area contributed by atoms with Crippen molar-refractivity contribution < 1.29 is 19.4 Å². The Morgan fingerprint density at radius 1 is 1.26 bits per heavy atom. The molecule has 0 bridgehead atoms. The zero-order valence-electron chi connectivity index (χ0n) is 17.5. The summed E-state index contributed by atoms with van der Waals surface area (Å²) in [6.07, 6.45) is -0.132. The highest BCUT2D eigenvalue weighted by molar-refractivity contribution is 6.32. The Kier molecular flexibility index (Phi) is 7.36. The molecule has 0 atom stereocenters. The lowest BCUT2D eigenvalue weighted by molar-refractivity contribution is -0.137. The number of amides is 2. The summed E-state index contributed by atoms with van der Waals surface area (Å²) >= 11 is 6.27. The molecule has 1 fully saturated rings. The number of rotatable bonds is 8. The summed E-state index contributed by atoms with van der Waals surface area (Å²) < 4.78 is 5.45. The molecule has 2 amide bonds. The van der Waals surface area contributed by atoms with Crippen LogP contribution in [0.2, 0.25) is 5.02 Å². The minimum atomic E-state index is -0.957. The number of halogens is 1. The Balaban J connectivity index is 1.88. The van der Waals surface area contributed by atoms with E-state index in [0.29, 0.717) is 35.6 Å². The largest absolute Gasteiger partial charge is 0.492 e. The van der Waals surface area contributed by atoms with E-state index < -0.39 is 5.97 Å². The quantitative estimate of drug-likeness (QED) is 0.641. The van der Waals surface area contributed by atoms with Gasteiger partial charge < -0.3 is 20.1 Å². The predicted octanol–water partition coefficient (Wildman–Crippen LogP) is 3.99. The third-order valence-corrected chi connectivity index (χ3v) is 4.99. The van der Waals surface area contributed by atoms with Crippen molar-refractivity contribution in [3.8, 4) is 5.75 Å². The number of urea groups is 1. The second-order valence-electron chi connectivity index (χ2n) is 7.08. The van der Waals surface area contributed by atoms with E-state index in [1.54, 1.807) is 18.2 Å². The zero-order chi connectivity index (χ0) is 22.4. The van der Waals surface area contributed by atoms with Gasteiger partial charge in [-0.05, 0) is 37.6 Å². The summed E-state index contributed by atoms with van der Waals surface area (Å²) in [5.41, 5.74) is 2.61. The van der Waals surface area contributed by atoms with Gasteiger partial charge in [-0.25, -0.2) is 9.79 Å².